The standard InChI is InChI=1S/C21H21N5/c1-13-9-14(2)20(15(3)10-13)25-19-11-16(4)23-21(26-19)24-18-7-5-17(12-22)6-8-18/h5-11H,1-4H3,(H2,23,24,25,26). The first-order valence-corrected chi connectivity index (χ1v) is 8.42. The molecule has 5 nitrogen and oxygen atoms in total. The van der Waals surface area contributed by atoms with E-state index in [1.165, 1.54) is 16.7 Å². The van der Waals surface area contributed by atoms with Gasteiger partial charge in [0.2, 0.25) is 5.95 Å². The van der Waals surface area contributed by atoms with Crippen LogP contribution in [-0.2, 0) is 0 Å². The third-order valence-electron chi connectivity index (χ3n) is 4.05. The molecule has 1 aromatic heterocycles. The fourth-order valence-electron chi connectivity index (χ4n) is 2.95. The van der Waals surface area contributed by atoms with Crippen molar-refractivity contribution in [1.29, 1.82) is 5.26 Å². The quantitative estimate of drug-likeness (QED) is 0.692. The molecule has 0 spiro atoms. The Morgan fingerprint density at radius 2 is 1.50 bits per heavy atom. The zero-order valence-corrected chi connectivity index (χ0v) is 15.4. The topological polar surface area (TPSA) is 73.6 Å². The predicted octanol–water partition coefficient (Wildman–Crippen LogP) is 5.07. The molecule has 0 unspecified atom stereocenters. The van der Waals surface area contributed by atoms with Gasteiger partial charge in [0.25, 0.3) is 0 Å². The van der Waals surface area contributed by atoms with E-state index in [0.29, 0.717) is 11.5 Å². The van der Waals surface area contributed by atoms with Crippen LogP contribution < -0.4 is 10.6 Å². The number of benzene rings is 2. The van der Waals surface area contributed by atoms with Crippen molar-refractivity contribution in [2.45, 2.75) is 27.7 Å². The Hall–Kier alpha value is -3.39. The van der Waals surface area contributed by atoms with E-state index in [4.69, 9.17) is 5.26 Å². The molecule has 3 aromatic rings. The lowest BCUT2D eigenvalue weighted by Gasteiger charge is -2.14. The molecule has 0 amide bonds. The van der Waals surface area contributed by atoms with Crippen molar-refractivity contribution < 1.29 is 0 Å². The highest BCUT2D eigenvalue weighted by Crippen LogP contribution is 2.26. The number of aromatic nitrogens is 2. The van der Waals surface area contributed by atoms with Gasteiger partial charge in [-0.15, -0.1) is 0 Å². The summed E-state index contributed by atoms with van der Waals surface area (Å²) in [4.78, 5) is 9.02. The molecule has 26 heavy (non-hydrogen) atoms. The van der Waals surface area contributed by atoms with E-state index < -0.39 is 0 Å². The summed E-state index contributed by atoms with van der Waals surface area (Å²) in [5.74, 6) is 1.25. The lowest BCUT2D eigenvalue weighted by atomic mass is 10.1. The van der Waals surface area contributed by atoms with Gasteiger partial charge in [-0.25, -0.2) is 4.98 Å². The van der Waals surface area contributed by atoms with E-state index >= 15 is 0 Å². The normalized spacial score (nSPS) is 10.3. The molecule has 0 radical (unpaired) electrons. The molecule has 0 aliphatic carbocycles. The number of nitrogens with zero attached hydrogens (tertiary/aromatic N) is 3. The zero-order chi connectivity index (χ0) is 18.7. The zero-order valence-electron chi connectivity index (χ0n) is 15.4. The smallest absolute Gasteiger partial charge is 0.229 e. The van der Waals surface area contributed by atoms with Gasteiger partial charge in [0.05, 0.1) is 11.6 Å². The van der Waals surface area contributed by atoms with Crippen LogP contribution in [-0.4, -0.2) is 9.97 Å². The van der Waals surface area contributed by atoms with Crippen LogP contribution in [0.4, 0.5) is 23.1 Å². The molecule has 5 heteroatoms. The van der Waals surface area contributed by atoms with Crippen LogP contribution in [0.1, 0.15) is 27.9 Å². The van der Waals surface area contributed by atoms with Crippen LogP contribution >= 0.6 is 0 Å². The number of nitrogens with one attached hydrogen (secondary N) is 2. The Morgan fingerprint density at radius 1 is 0.846 bits per heavy atom. The first-order chi connectivity index (χ1) is 12.4. The summed E-state index contributed by atoms with van der Waals surface area (Å²) >= 11 is 0. The van der Waals surface area contributed by atoms with E-state index in [1.807, 2.05) is 25.1 Å². The second kappa shape index (κ2) is 7.24. The van der Waals surface area contributed by atoms with Crippen molar-refractivity contribution in [3.05, 3.63) is 70.4 Å². The van der Waals surface area contributed by atoms with Gasteiger partial charge in [0.1, 0.15) is 5.82 Å². The van der Waals surface area contributed by atoms with Gasteiger partial charge in [0, 0.05) is 23.1 Å². The molecule has 0 bridgehead atoms. The first kappa shape index (κ1) is 17.4. The second-order valence-corrected chi connectivity index (χ2v) is 6.43. The van der Waals surface area contributed by atoms with Crippen LogP contribution in [0, 0.1) is 39.0 Å². The lowest BCUT2D eigenvalue weighted by Crippen LogP contribution is -2.04. The Labute approximate surface area is 153 Å². The summed E-state index contributed by atoms with van der Waals surface area (Å²) in [5.41, 5.74) is 6.99. The summed E-state index contributed by atoms with van der Waals surface area (Å²) in [7, 11) is 0. The number of nitriles is 1. The molecular formula is C21H21N5. The van der Waals surface area contributed by atoms with Gasteiger partial charge >= 0.3 is 0 Å². The molecule has 1 heterocycles. The van der Waals surface area contributed by atoms with Crippen molar-refractivity contribution in [2.24, 2.45) is 0 Å². The highest BCUT2D eigenvalue weighted by atomic mass is 15.1. The first-order valence-electron chi connectivity index (χ1n) is 8.42. The summed E-state index contributed by atoms with van der Waals surface area (Å²) in [6.07, 6.45) is 0. The molecule has 0 aliphatic rings. The molecule has 0 aliphatic heterocycles. The van der Waals surface area contributed by atoms with E-state index in [0.717, 1.165) is 22.9 Å². The fourth-order valence-corrected chi connectivity index (χ4v) is 2.95. The van der Waals surface area contributed by atoms with Gasteiger partial charge in [0.15, 0.2) is 0 Å². The third kappa shape index (κ3) is 3.98. The Morgan fingerprint density at radius 3 is 2.12 bits per heavy atom. The average molecular weight is 343 g/mol. The van der Waals surface area contributed by atoms with Crippen LogP contribution in [0.5, 0.6) is 0 Å². The highest BCUT2D eigenvalue weighted by Gasteiger charge is 2.08. The van der Waals surface area contributed by atoms with Crippen molar-refractivity contribution in [3.8, 4) is 6.07 Å². The Kier molecular flexibility index (Phi) is 4.85. The van der Waals surface area contributed by atoms with E-state index in [-0.39, 0.29) is 0 Å². The highest BCUT2D eigenvalue weighted by molar-refractivity contribution is 5.66. The van der Waals surface area contributed by atoms with Crippen LogP contribution in [0.2, 0.25) is 0 Å². The second-order valence-electron chi connectivity index (χ2n) is 6.43. The SMILES string of the molecule is Cc1cc(C)c(Nc2cc(C)nc(Nc3ccc(C#N)cc3)n2)c(C)c1. The molecular weight excluding hydrogens is 322 g/mol. The molecule has 0 saturated carbocycles. The average Bonchev–Trinajstić information content (AvgIpc) is 2.58. The van der Waals surface area contributed by atoms with Crippen LogP contribution in [0.3, 0.4) is 0 Å². The number of hydrogen-bond donors (Lipinski definition) is 2. The van der Waals surface area contributed by atoms with Crippen molar-refractivity contribution >= 4 is 23.1 Å². The number of anilines is 4. The lowest BCUT2D eigenvalue weighted by molar-refractivity contribution is 1.10. The summed E-state index contributed by atoms with van der Waals surface area (Å²) in [5, 5.41) is 15.5. The molecule has 0 fully saturated rings. The van der Waals surface area contributed by atoms with Gasteiger partial charge in [-0.1, -0.05) is 17.7 Å². The maximum atomic E-state index is 8.89. The van der Waals surface area contributed by atoms with Gasteiger partial charge in [-0.3, -0.25) is 0 Å². The van der Waals surface area contributed by atoms with Gasteiger partial charge < -0.3 is 10.6 Å². The molecule has 2 N–H and O–H groups in total. The monoisotopic (exact) mass is 343 g/mol. The van der Waals surface area contributed by atoms with E-state index in [2.05, 4.69) is 59.6 Å². The van der Waals surface area contributed by atoms with Crippen molar-refractivity contribution in [3.63, 3.8) is 0 Å². The number of rotatable bonds is 4. The minimum absolute atomic E-state index is 0.514. The molecule has 3 rings (SSSR count). The maximum Gasteiger partial charge on any atom is 0.229 e. The molecule has 0 saturated heterocycles. The molecule has 130 valence electrons. The summed E-state index contributed by atoms with van der Waals surface area (Å²) < 4.78 is 0. The van der Waals surface area contributed by atoms with Crippen LogP contribution in [0.15, 0.2) is 42.5 Å². The fraction of sp³-hybridized carbons (Fsp3) is 0.190. The number of aryl methyl sites for hydroxylation is 4. The third-order valence-corrected chi connectivity index (χ3v) is 4.05. The predicted molar refractivity (Wildman–Crippen MR) is 105 cm³/mol. The summed E-state index contributed by atoms with van der Waals surface area (Å²) in [6.45, 7) is 8.21. The van der Waals surface area contributed by atoms with Crippen molar-refractivity contribution in [2.75, 3.05) is 10.6 Å². The Balaban J connectivity index is 1.87. The number of hydrogen-bond acceptors (Lipinski definition) is 5. The van der Waals surface area contributed by atoms with Crippen LogP contribution in [0.25, 0.3) is 0 Å². The molecule has 2 aromatic carbocycles. The largest absolute Gasteiger partial charge is 0.340 e. The molecule has 0 atom stereocenters. The van der Waals surface area contributed by atoms with Gasteiger partial charge in [-0.2, -0.15) is 10.2 Å². The minimum Gasteiger partial charge on any atom is -0.340 e. The van der Waals surface area contributed by atoms with Gasteiger partial charge in [-0.05, 0) is 63.1 Å². The van der Waals surface area contributed by atoms with E-state index in [9.17, 15) is 0 Å². The van der Waals surface area contributed by atoms with E-state index in [1.54, 1.807) is 12.1 Å². The minimum atomic E-state index is 0.514. The summed E-state index contributed by atoms with van der Waals surface area (Å²) in [6, 6.07) is 15.5. The Bertz CT molecular complexity index is 961. The maximum absolute atomic E-state index is 8.89. The van der Waals surface area contributed by atoms with Crippen molar-refractivity contribution in [1.82, 2.24) is 9.97 Å².